The maximum absolute atomic E-state index is 13.4. The van der Waals surface area contributed by atoms with Crippen LogP contribution < -0.4 is 10.5 Å². The predicted octanol–water partition coefficient (Wildman–Crippen LogP) is 3.51. The third-order valence-corrected chi connectivity index (χ3v) is 7.51. The van der Waals surface area contributed by atoms with Crippen molar-refractivity contribution in [1.82, 2.24) is 4.31 Å². The second-order valence-corrected chi connectivity index (χ2v) is 10.1. The van der Waals surface area contributed by atoms with E-state index in [1.165, 1.54) is 16.4 Å². The van der Waals surface area contributed by atoms with Gasteiger partial charge in [0.15, 0.2) is 0 Å². The molecule has 162 valence electrons. The number of amides is 1. The number of ether oxygens (including phenoxy) is 1. The number of carbonyl (C=O) groups excluding carboxylic acids is 1. The monoisotopic (exact) mass is 454 g/mol. The lowest BCUT2D eigenvalue weighted by Crippen LogP contribution is -2.50. The van der Waals surface area contributed by atoms with E-state index >= 15 is 0 Å². The van der Waals surface area contributed by atoms with Crippen molar-refractivity contribution in [3.63, 3.8) is 0 Å². The first-order valence-electron chi connectivity index (χ1n) is 9.54. The number of hydrogen-bond donors (Lipinski definition) is 1. The molecule has 1 aliphatic rings. The molecule has 1 saturated heterocycles. The molecule has 2 N–H and O–H groups in total. The molecular formula is C21H24ClFN2O4S. The van der Waals surface area contributed by atoms with E-state index in [1.807, 2.05) is 0 Å². The standard InChI is InChI=1S/C21H24ClFN2O4S/c1-15-10-17(23)6-7-19(15)30(27,28)25-9-3-8-21(13-25,12-20(24)26)14-29-18-5-2-4-16(22)11-18/h2,4-7,10-11H,3,8-9,12-14H2,1H3,(H2,24,26)/t21-/m0/s1. The molecule has 0 spiro atoms. The number of rotatable bonds is 7. The minimum atomic E-state index is -3.87. The highest BCUT2D eigenvalue weighted by molar-refractivity contribution is 7.89. The van der Waals surface area contributed by atoms with Gasteiger partial charge in [-0.3, -0.25) is 4.79 Å². The smallest absolute Gasteiger partial charge is 0.243 e. The molecule has 30 heavy (non-hydrogen) atoms. The van der Waals surface area contributed by atoms with Gasteiger partial charge in [0.25, 0.3) is 0 Å². The van der Waals surface area contributed by atoms with Gasteiger partial charge in [-0.15, -0.1) is 0 Å². The molecule has 1 fully saturated rings. The Labute approximate surface area is 180 Å². The number of halogens is 2. The number of aryl methyl sites for hydroxylation is 1. The number of piperidine rings is 1. The summed E-state index contributed by atoms with van der Waals surface area (Å²) >= 11 is 5.99. The SMILES string of the molecule is Cc1cc(F)ccc1S(=O)(=O)N1CCC[C@](COc2cccc(Cl)c2)(CC(N)=O)C1. The zero-order valence-electron chi connectivity index (χ0n) is 16.6. The summed E-state index contributed by atoms with van der Waals surface area (Å²) in [6.45, 7) is 2.05. The molecule has 0 aliphatic carbocycles. The van der Waals surface area contributed by atoms with Gasteiger partial charge < -0.3 is 10.5 Å². The first-order valence-corrected chi connectivity index (χ1v) is 11.4. The number of benzene rings is 2. The van der Waals surface area contributed by atoms with Gasteiger partial charge in [0.1, 0.15) is 11.6 Å². The lowest BCUT2D eigenvalue weighted by Gasteiger charge is -2.41. The summed E-state index contributed by atoms with van der Waals surface area (Å²) in [5.41, 5.74) is 5.04. The number of sulfonamides is 1. The molecule has 2 aromatic rings. The Balaban J connectivity index is 1.86. The molecule has 0 aromatic heterocycles. The highest BCUT2D eigenvalue weighted by atomic mass is 35.5. The Morgan fingerprint density at radius 1 is 1.30 bits per heavy atom. The number of carbonyl (C=O) groups is 1. The van der Waals surface area contributed by atoms with Crippen LogP contribution in [0.15, 0.2) is 47.4 Å². The molecule has 1 heterocycles. The normalized spacial score (nSPS) is 20.1. The van der Waals surface area contributed by atoms with Crippen LogP contribution in [-0.2, 0) is 14.8 Å². The van der Waals surface area contributed by atoms with Gasteiger partial charge >= 0.3 is 0 Å². The quantitative estimate of drug-likeness (QED) is 0.693. The third kappa shape index (κ3) is 5.11. The van der Waals surface area contributed by atoms with Crippen LogP contribution in [0, 0.1) is 18.2 Å². The van der Waals surface area contributed by atoms with Gasteiger partial charge in [-0.05, 0) is 61.7 Å². The second-order valence-electron chi connectivity index (χ2n) is 7.74. The fourth-order valence-electron chi connectivity index (χ4n) is 3.89. The van der Waals surface area contributed by atoms with Gasteiger partial charge in [-0.1, -0.05) is 17.7 Å². The van der Waals surface area contributed by atoms with Crippen molar-refractivity contribution >= 4 is 27.5 Å². The van der Waals surface area contributed by atoms with E-state index in [0.29, 0.717) is 35.7 Å². The molecule has 0 radical (unpaired) electrons. The summed E-state index contributed by atoms with van der Waals surface area (Å²) in [6, 6.07) is 10.4. The Bertz CT molecular complexity index is 1050. The number of primary amides is 1. The van der Waals surface area contributed by atoms with Crippen molar-refractivity contribution in [2.24, 2.45) is 11.1 Å². The van der Waals surface area contributed by atoms with Crippen molar-refractivity contribution in [3.05, 3.63) is 58.9 Å². The maximum Gasteiger partial charge on any atom is 0.243 e. The Kier molecular flexibility index (Phi) is 6.69. The van der Waals surface area contributed by atoms with Crippen LogP contribution >= 0.6 is 11.6 Å². The average molecular weight is 455 g/mol. The van der Waals surface area contributed by atoms with Crippen LogP contribution in [0.2, 0.25) is 5.02 Å². The van der Waals surface area contributed by atoms with Crippen molar-refractivity contribution in [2.45, 2.75) is 31.1 Å². The summed E-state index contributed by atoms with van der Waals surface area (Å²) in [5, 5.41) is 0.510. The highest BCUT2D eigenvalue weighted by Crippen LogP contribution is 2.37. The lowest BCUT2D eigenvalue weighted by atomic mass is 9.78. The molecule has 6 nitrogen and oxygen atoms in total. The fourth-order valence-corrected chi connectivity index (χ4v) is 5.86. The van der Waals surface area contributed by atoms with Gasteiger partial charge in [0.2, 0.25) is 15.9 Å². The van der Waals surface area contributed by atoms with E-state index in [4.69, 9.17) is 22.1 Å². The van der Waals surface area contributed by atoms with E-state index < -0.39 is 27.2 Å². The fraction of sp³-hybridized carbons (Fsp3) is 0.381. The average Bonchev–Trinajstić information content (AvgIpc) is 2.66. The molecule has 1 aliphatic heterocycles. The van der Waals surface area contributed by atoms with Gasteiger partial charge in [0.05, 0.1) is 11.5 Å². The van der Waals surface area contributed by atoms with Crippen LogP contribution in [0.4, 0.5) is 4.39 Å². The Hall–Kier alpha value is -2.16. The summed E-state index contributed by atoms with van der Waals surface area (Å²) in [4.78, 5) is 11.8. The minimum Gasteiger partial charge on any atom is -0.493 e. The van der Waals surface area contributed by atoms with Crippen LogP contribution in [0.25, 0.3) is 0 Å². The molecule has 1 atom stereocenters. The van der Waals surface area contributed by atoms with Crippen LogP contribution in [0.5, 0.6) is 5.75 Å². The van der Waals surface area contributed by atoms with E-state index in [2.05, 4.69) is 0 Å². The minimum absolute atomic E-state index is 0.0119. The molecule has 0 saturated carbocycles. The molecule has 0 bridgehead atoms. The maximum atomic E-state index is 13.4. The first-order chi connectivity index (χ1) is 14.1. The van der Waals surface area contributed by atoms with Crippen molar-refractivity contribution < 1.29 is 22.3 Å². The summed E-state index contributed by atoms with van der Waals surface area (Å²) in [5.74, 6) is -0.495. The van der Waals surface area contributed by atoms with Crippen LogP contribution in [0.3, 0.4) is 0 Å². The largest absolute Gasteiger partial charge is 0.493 e. The summed E-state index contributed by atoms with van der Waals surface area (Å²) in [7, 11) is -3.87. The molecule has 9 heteroatoms. The van der Waals surface area contributed by atoms with Crippen LogP contribution in [0.1, 0.15) is 24.8 Å². The van der Waals surface area contributed by atoms with E-state index in [1.54, 1.807) is 31.2 Å². The Morgan fingerprint density at radius 2 is 2.07 bits per heavy atom. The zero-order valence-corrected chi connectivity index (χ0v) is 18.2. The van der Waals surface area contributed by atoms with Gasteiger partial charge in [-0.2, -0.15) is 4.31 Å². The van der Waals surface area contributed by atoms with Crippen LogP contribution in [-0.4, -0.2) is 38.3 Å². The zero-order chi connectivity index (χ0) is 21.9. The van der Waals surface area contributed by atoms with Crippen molar-refractivity contribution in [1.29, 1.82) is 0 Å². The molecule has 2 aromatic carbocycles. The summed E-state index contributed by atoms with van der Waals surface area (Å²) < 4.78 is 47.1. The van der Waals surface area contributed by atoms with E-state index in [-0.39, 0.29) is 24.5 Å². The van der Waals surface area contributed by atoms with Gasteiger partial charge in [0, 0.05) is 29.9 Å². The predicted molar refractivity (Wildman–Crippen MR) is 112 cm³/mol. The topological polar surface area (TPSA) is 89.7 Å². The number of nitrogens with two attached hydrogens (primary N) is 1. The molecule has 3 rings (SSSR count). The lowest BCUT2D eigenvalue weighted by molar-refractivity contribution is -0.121. The van der Waals surface area contributed by atoms with Crippen molar-refractivity contribution in [3.8, 4) is 5.75 Å². The summed E-state index contributed by atoms with van der Waals surface area (Å²) in [6.07, 6.45) is 1.12. The second kappa shape index (κ2) is 8.91. The van der Waals surface area contributed by atoms with E-state index in [9.17, 15) is 17.6 Å². The third-order valence-electron chi connectivity index (χ3n) is 5.27. The van der Waals surface area contributed by atoms with Gasteiger partial charge in [-0.25, -0.2) is 12.8 Å². The first kappa shape index (κ1) is 22.5. The molecule has 0 unspecified atom stereocenters. The molecule has 1 amide bonds. The van der Waals surface area contributed by atoms with E-state index in [0.717, 1.165) is 6.07 Å². The number of hydrogen-bond acceptors (Lipinski definition) is 4. The number of nitrogens with zero attached hydrogens (tertiary/aromatic N) is 1. The van der Waals surface area contributed by atoms with Crippen molar-refractivity contribution in [2.75, 3.05) is 19.7 Å². The Morgan fingerprint density at radius 3 is 2.73 bits per heavy atom. The molecular weight excluding hydrogens is 431 g/mol. The highest BCUT2D eigenvalue weighted by Gasteiger charge is 2.42.